The summed E-state index contributed by atoms with van der Waals surface area (Å²) in [6, 6.07) is 9.39. The van der Waals surface area contributed by atoms with Crippen LogP contribution in [-0.2, 0) is 6.18 Å². The Morgan fingerprint density at radius 3 is 2.20 bits per heavy atom. The minimum absolute atomic E-state index is 0.0620. The maximum atomic E-state index is 12.8. The van der Waals surface area contributed by atoms with E-state index in [0.29, 0.717) is 16.7 Å². The van der Waals surface area contributed by atoms with Gasteiger partial charge in [0.1, 0.15) is 5.75 Å². The molecule has 0 saturated heterocycles. The lowest BCUT2D eigenvalue weighted by Gasteiger charge is -2.13. The zero-order valence-electron chi connectivity index (χ0n) is 9.87. The van der Waals surface area contributed by atoms with Gasteiger partial charge >= 0.3 is 6.18 Å². The Balaban J connectivity index is 2.70. The summed E-state index contributed by atoms with van der Waals surface area (Å²) in [6.07, 6.45) is -4.74. The van der Waals surface area contributed by atoms with E-state index in [1.165, 1.54) is 30.3 Å². The summed E-state index contributed by atoms with van der Waals surface area (Å²) < 4.78 is 38.5. The molecule has 1 N–H and O–H groups in total. The van der Waals surface area contributed by atoms with Crippen molar-refractivity contribution in [3.05, 3.63) is 52.5 Å². The molecule has 0 unspecified atom stereocenters. The lowest BCUT2D eigenvalue weighted by Crippen LogP contribution is -2.06. The first-order valence-corrected chi connectivity index (χ1v) is 5.81. The minimum atomic E-state index is -4.74. The largest absolute Gasteiger partial charge is 0.507 e. The Hall–Kier alpha value is -2.19. The normalized spacial score (nSPS) is 11.2. The van der Waals surface area contributed by atoms with E-state index >= 15 is 0 Å². The highest BCUT2D eigenvalue weighted by Gasteiger charge is 2.35. The fourth-order valence-corrected chi connectivity index (χ4v) is 1.89. The van der Waals surface area contributed by atoms with Crippen LogP contribution in [0, 0.1) is 11.3 Å². The molecule has 0 aliphatic rings. The molecular formula is C14H7ClF3NO. The molecule has 0 saturated carbocycles. The van der Waals surface area contributed by atoms with Gasteiger partial charge in [0.05, 0.1) is 17.2 Å². The number of aromatic hydroxyl groups is 1. The van der Waals surface area contributed by atoms with Crippen molar-refractivity contribution in [1.29, 1.82) is 5.26 Å². The number of alkyl halides is 3. The standard InChI is InChI=1S/C14H7ClF3NO/c15-10-3-1-9(2-4-10)11-5-8(7-19)6-12(13(11)20)14(16,17)18/h1-6,20H. The van der Waals surface area contributed by atoms with Crippen LogP contribution in [0.1, 0.15) is 11.1 Å². The molecule has 6 heteroatoms. The molecule has 2 aromatic carbocycles. The van der Waals surface area contributed by atoms with Crippen LogP contribution in [0.3, 0.4) is 0 Å². The third-order valence-corrected chi connectivity index (χ3v) is 2.95. The van der Waals surface area contributed by atoms with Gasteiger partial charge in [-0.3, -0.25) is 0 Å². The number of benzene rings is 2. The molecule has 0 atom stereocenters. The van der Waals surface area contributed by atoms with Crippen LogP contribution in [0.2, 0.25) is 5.02 Å². The van der Waals surface area contributed by atoms with Gasteiger partial charge in [-0.2, -0.15) is 18.4 Å². The van der Waals surface area contributed by atoms with E-state index < -0.39 is 17.5 Å². The Kier molecular flexibility index (Phi) is 3.60. The number of halogens is 4. The number of hydrogen-bond acceptors (Lipinski definition) is 2. The predicted octanol–water partition coefficient (Wildman–Crippen LogP) is 4.60. The number of rotatable bonds is 1. The smallest absolute Gasteiger partial charge is 0.420 e. The van der Waals surface area contributed by atoms with E-state index in [2.05, 4.69) is 0 Å². The summed E-state index contributed by atoms with van der Waals surface area (Å²) in [6.45, 7) is 0. The van der Waals surface area contributed by atoms with E-state index in [0.717, 1.165) is 0 Å². The molecule has 0 aliphatic heterocycles. The quantitative estimate of drug-likeness (QED) is 0.836. The van der Waals surface area contributed by atoms with E-state index in [1.807, 2.05) is 0 Å². The molecule has 0 heterocycles. The molecule has 0 amide bonds. The summed E-state index contributed by atoms with van der Waals surface area (Å²) in [7, 11) is 0. The molecule has 0 bridgehead atoms. The van der Waals surface area contributed by atoms with Crippen molar-refractivity contribution >= 4 is 11.6 Å². The van der Waals surface area contributed by atoms with Crippen molar-refractivity contribution in [3.63, 3.8) is 0 Å². The van der Waals surface area contributed by atoms with Gasteiger partial charge < -0.3 is 5.11 Å². The summed E-state index contributed by atoms with van der Waals surface area (Å²) in [5, 5.41) is 19.0. The maximum Gasteiger partial charge on any atom is 0.420 e. The third-order valence-electron chi connectivity index (χ3n) is 2.70. The van der Waals surface area contributed by atoms with Crippen molar-refractivity contribution in [2.45, 2.75) is 6.18 Å². The van der Waals surface area contributed by atoms with E-state index in [1.54, 1.807) is 6.07 Å². The average Bonchev–Trinajstić information content (AvgIpc) is 2.39. The molecule has 0 radical (unpaired) electrons. The van der Waals surface area contributed by atoms with Crippen LogP contribution >= 0.6 is 11.6 Å². The van der Waals surface area contributed by atoms with Gasteiger partial charge in [0.15, 0.2) is 0 Å². The summed E-state index contributed by atoms with van der Waals surface area (Å²) in [5.41, 5.74) is -1.14. The minimum Gasteiger partial charge on any atom is -0.507 e. The predicted molar refractivity (Wildman–Crippen MR) is 68.3 cm³/mol. The van der Waals surface area contributed by atoms with Crippen LogP contribution in [0.5, 0.6) is 5.75 Å². The van der Waals surface area contributed by atoms with Crippen LogP contribution in [0.15, 0.2) is 36.4 Å². The van der Waals surface area contributed by atoms with E-state index in [9.17, 15) is 18.3 Å². The summed E-state index contributed by atoms with van der Waals surface area (Å²) in [4.78, 5) is 0. The zero-order valence-corrected chi connectivity index (χ0v) is 10.6. The van der Waals surface area contributed by atoms with Crippen LogP contribution in [0.25, 0.3) is 11.1 Å². The number of hydrogen-bond donors (Lipinski definition) is 1. The first kappa shape index (κ1) is 14.2. The van der Waals surface area contributed by atoms with Crippen molar-refractivity contribution in [1.82, 2.24) is 0 Å². The van der Waals surface area contributed by atoms with E-state index in [4.69, 9.17) is 16.9 Å². The zero-order chi connectivity index (χ0) is 14.9. The van der Waals surface area contributed by atoms with Gasteiger partial charge in [-0.05, 0) is 29.8 Å². The third kappa shape index (κ3) is 2.70. The second-order valence-corrected chi connectivity index (χ2v) is 4.47. The average molecular weight is 298 g/mol. The molecule has 20 heavy (non-hydrogen) atoms. The first-order chi connectivity index (χ1) is 9.32. The highest BCUT2D eigenvalue weighted by atomic mass is 35.5. The summed E-state index contributed by atoms with van der Waals surface area (Å²) >= 11 is 5.71. The fraction of sp³-hybridized carbons (Fsp3) is 0.0714. The lowest BCUT2D eigenvalue weighted by molar-refractivity contribution is -0.138. The van der Waals surface area contributed by atoms with Gasteiger partial charge in [0, 0.05) is 10.6 Å². The SMILES string of the molecule is N#Cc1cc(-c2ccc(Cl)cc2)c(O)c(C(F)(F)F)c1. The van der Waals surface area contributed by atoms with Crippen LogP contribution in [0.4, 0.5) is 13.2 Å². The Morgan fingerprint density at radius 2 is 1.70 bits per heavy atom. The van der Waals surface area contributed by atoms with Gasteiger partial charge in [0.25, 0.3) is 0 Å². The fourth-order valence-electron chi connectivity index (χ4n) is 1.76. The highest BCUT2D eigenvalue weighted by Crippen LogP contribution is 2.42. The molecule has 2 aromatic rings. The highest BCUT2D eigenvalue weighted by molar-refractivity contribution is 6.30. The number of nitrogens with zero attached hydrogens (tertiary/aromatic N) is 1. The lowest BCUT2D eigenvalue weighted by atomic mass is 9.98. The second-order valence-electron chi connectivity index (χ2n) is 4.04. The van der Waals surface area contributed by atoms with Crippen molar-refractivity contribution < 1.29 is 18.3 Å². The van der Waals surface area contributed by atoms with Gasteiger partial charge in [-0.15, -0.1) is 0 Å². The maximum absolute atomic E-state index is 12.8. The molecule has 2 rings (SSSR count). The number of phenols is 1. The van der Waals surface area contributed by atoms with Crippen molar-refractivity contribution in [2.75, 3.05) is 0 Å². The number of phenolic OH excluding ortho intramolecular Hbond substituents is 1. The Morgan fingerprint density at radius 1 is 1.10 bits per heavy atom. The Labute approximate surface area is 117 Å². The Bertz CT molecular complexity index is 687. The first-order valence-electron chi connectivity index (χ1n) is 5.43. The molecular weight excluding hydrogens is 291 g/mol. The molecule has 2 nitrogen and oxygen atoms in total. The summed E-state index contributed by atoms with van der Waals surface area (Å²) in [5.74, 6) is -0.904. The van der Waals surface area contributed by atoms with Crippen LogP contribution in [-0.4, -0.2) is 5.11 Å². The number of nitriles is 1. The molecule has 0 spiro atoms. The molecule has 0 aliphatic carbocycles. The monoisotopic (exact) mass is 297 g/mol. The van der Waals surface area contributed by atoms with E-state index in [-0.39, 0.29) is 11.1 Å². The molecule has 102 valence electrons. The second kappa shape index (κ2) is 5.06. The topological polar surface area (TPSA) is 44.0 Å². The molecule has 0 fully saturated rings. The van der Waals surface area contributed by atoms with Crippen LogP contribution < -0.4 is 0 Å². The van der Waals surface area contributed by atoms with Gasteiger partial charge in [-0.25, -0.2) is 0 Å². The van der Waals surface area contributed by atoms with Gasteiger partial charge in [0.2, 0.25) is 0 Å². The van der Waals surface area contributed by atoms with Crippen molar-refractivity contribution in [2.24, 2.45) is 0 Å². The molecule has 0 aromatic heterocycles. The van der Waals surface area contributed by atoms with Crippen molar-refractivity contribution in [3.8, 4) is 22.9 Å². The van der Waals surface area contributed by atoms with Gasteiger partial charge in [-0.1, -0.05) is 23.7 Å².